The molecule has 0 aromatic heterocycles. The van der Waals surface area contributed by atoms with Gasteiger partial charge in [0.05, 0.1) is 5.54 Å². The molecular formula is C34H39BN2. The topological polar surface area (TPSA) is 6.48 Å². The summed E-state index contributed by atoms with van der Waals surface area (Å²) in [5, 5.41) is 0. The Morgan fingerprint density at radius 3 is 1.95 bits per heavy atom. The average molecular weight is 487 g/mol. The first-order valence-electron chi connectivity index (χ1n) is 14.5. The summed E-state index contributed by atoms with van der Waals surface area (Å²) in [7, 11) is 0. The molecule has 4 heterocycles. The Bertz CT molecular complexity index is 1560. The third-order valence-corrected chi connectivity index (χ3v) is 12.1. The molecule has 2 atom stereocenters. The standard InChI is InChI=1S/C34H39BN2/c1-20-16-22-29-24(18-20)35-25-19-21(2)17-23-30(25)37(34(8)15-10-9-14-33(23,34)7)27-13-11-12-26(28(27)35)36(29)32(5,6)31(22,3)4/h11-13,16-19H,9-10,14-15H2,1-8H3. The molecule has 2 unspecified atom stereocenters. The third-order valence-electron chi connectivity index (χ3n) is 12.1. The van der Waals surface area contributed by atoms with Crippen molar-refractivity contribution in [3.63, 3.8) is 0 Å². The predicted octanol–water partition coefficient (Wildman–Crippen LogP) is 6.40. The van der Waals surface area contributed by atoms with Gasteiger partial charge >= 0.3 is 0 Å². The molecule has 188 valence electrons. The average Bonchev–Trinajstić information content (AvgIpc) is 3.14. The summed E-state index contributed by atoms with van der Waals surface area (Å²) in [6.45, 7) is 19.9. The molecule has 0 spiro atoms. The summed E-state index contributed by atoms with van der Waals surface area (Å²) in [4.78, 5) is 5.56. The van der Waals surface area contributed by atoms with E-state index in [0.29, 0.717) is 0 Å². The molecule has 8 rings (SSSR count). The van der Waals surface area contributed by atoms with E-state index < -0.39 is 0 Å². The van der Waals surface area contributed by atoms with Crippen molar-refractivity contribution in [3.05, 3.63) is 64.7 Å². The Morgan fingerprint density at radius 2 is 1.27 bits per heavy atom. The van der Waals surface area contributed by atoms with Gasteiger partial charge in [-0.15, -0.1) is 0 Å². The van der Waals surface area contributed by atoms with Gasteiger partial charge in [-0.3, -0.25) is 0 Å². The molecule has 0 saturated heterocycles. The predicted molar refractivity (Wildman–Crippen MR) is 159 cm³/mol. The maximum atomic E-state index is 2.83. The van der Waals surface area contributed by atoms with Crippen LogP contribution < -0.4 is 26.2 Å². The first-order valence-corrected chi connectivity index (χ1v) is 14.5. The van der Waals surface area contributed by atoms with Crippen molar-refractivity contribution < 1.29 is 0 Å². The van der Waals surface area contributed by atoms with Crippen LogP contribution in [0.4, 0.5) is 22.7 Å². The lowest BCUT2D eigenvalue weighted by Gasteiger charge is -2.53. The van der Waals surface area contributed by atoms with E-state index in [-0.39, 0.29) is 28.6 Å². The van der Waals surface area contributed by atoms with Gasteiger partial charge in [0.25, 0.3) is 6.71 Å². The number of benzene rings is 3. The van der Waals surface area contributed by atoms with E-state index in [1.165, 1.54) is 76.0 Å². The van der Waals surface area contributed by atoms with Gasteiger partial charge in [0, 0.05) is 39.1 Å². The van der Waals surface area contributed by atoms with Crippen molar-refractivity contribution >= 4 is 45.9 Å². The van der Waals surface area contributed by atoms with Crippen LogP contribution >= 0.6 is 0 Å². The molecule has 37 heavy (non-hydrogen) atoms. The van der Waals surface area contributed by atoms with Crippen LogP contribution in [0.2, 0.25) is 0 Å². The van der Waals surface area contributed by atoms with Crippen molar-refractivity contribution in [3.8, 4) is 0 Å². The Balaban J connectivity index is 1.55. The van der Waals surface area contributed by atoms with E-state index >= 15 is 0 Å². The van der Waals surface area contributed by atoms with Crippen molar-refractivity contribution in [2.75, 3.05) is 9.80 Å². The second-order valence-corrected chi connectivity index (χ2v) is 14.3. The van der Waals surface area contributed by atoms with Gasteiger partial charge in [0.2, 0.25) is 0 Å². The fraction of sp³-hybridized carbons (Fsp3) is 0.471. The fourth-order valence-electron chi connectivity index (χ4n) is 9.37. The number of anilines is 4. The molecule has 5 aliphatic rings. The van der Waals surface area contributed by atoms with Crippen molar-refractivity contribution in [2.24, 2.45) is 0 Å². The number of rotatable bonds is 0. The second-order valence-electron chi connectivity index (χ2n) is 14.3. The van der Waals surface area contributed by atoms with Crippen molar-refractivity contribution in [1.29, 1.82) is 0 Å². The molecule has 0 radical (unpaired) electrons. The van der Waals surface area contributed by atoms with Crippen LogP contribution in [0.3, 0.4) is 0 Å². The van der Waals surface area contributed by atoms with Gasteiger partial charge in [-0.25, -0.2) is 0 Å². The normalized spacial score (nSPS) is 28.6. The lowest BCUT2D eigenvalue weighted by Crippen LogP contribution is -2.66. The Hall–Kier alpha value is -2.68. The highest BCUT2D eigenvalue weighted by Gasteiger charge is 2.63. The van der Waals surface area contributed by atoms with E-state index in [1.54, 1.807) is 11.0 Å². The Kier molecular flexibility index (Phi) is 3.80. The van der Waals surface area contributed by atoms with Gasteiger partial charge in [-0.1, -0.05) is 75.1 Å². The fourth-order valence-corrected chi connectivity index (χ4v) is 9.37. The van der Waals surface area contributed by atoms with Crippen LogP contribution in [0, 0.1) is 13.8 Å². The number of nitrogens with zero attached hydrogens (tertiary/aromatic N) is 2. The third kappa shape index (κ3) is 2.19. The first kappa shape index (κ1) is 22.3. The van der Waals surface area contributed by atoms with Crippen LogP contribution in [0.5, 0.6) is 0 Å². The monoisotopic (exact) mass is 486 g/mol. The minimum atomic E-state index is -0.0235. The van der Waals surface area contributed by atoms with E-state index in [1.807, 2.05) is 0 Å². The zero-order chi connectivity index (χ0) is 25.9. The molecule has 3 aromatic rings. The lowest BCUT2D eigenvalue weighted by molar-refractivity contribution is 0.195. The lowest BCUT2D eigenvalue weighted by atomic mass is 9.33. The van der Waals surface area contributed by atoms with E-state index in [0.717, 1.165) is 0 Å². The molecule has 4 aliphatic heterocycles. The van der Waals surface area contributed by atoms with Gasteiger partial charge in [-0.2, -0.15) is 0 Å². The zero-order valence-corrected chi connectivity index (χ0v) is 23.8. The van der Waals surface area contributed by atoms with Gasteiger partial charge in [0.1, 0.15) is 0 Å². The van der Waals surface area contributed by atoms with E-state index in [2.05, 4.69) is 108 Å². The maximum absolute atomic E-state index is 2.83. The molecule has 1 fully saturated rings. The minimum absolute atomic E-state index is 0.0235. The molecule has 1 saturated carbocycles. The van der Waals surface area contributed by atoms with Crippen LogP contribution in [0.25, 0.3) is 0 Å². The summed E-state index contributed by atoms with van der Waals surface area (Å²) < 4.78 is 0. The maximum Gasteiger partial charge on any atom is 0.252 e. The SMILES string of the molecule is Cc1cc2c3c(c1)C(C)(C)C(C)(C)N3c1cccc3c1B2c1cc(C)cc2c1N3C1(C)CCCCC21C. The number of aryl methyl sites for hydroxylation is 2. The molecule has 0 N–H and O–H groups in total. The molecule has 0 amide bonds. The molecule has 1 aliphatic carbocycles. The van der Waals surface area contributed by atoms with E-state index in [9.17, 15) is 0 Å². The molecule has 0 bridgehead atoms. The molecule has 3 heteroatoms. The number of fused-ring (bicyclic) bond motifs is 7. The van der Waals surface area contributed by atoms with E-state index in [4.69, 9.17) is 0 Å². The number of hydrogen-bond donors (Lipinski definition) is 0. The second kappa shape index (κ2) is 6.30. The summed E-state index contributed by atoms with van der Waals surface area (Å²) in [6, 6.07) is 17.3. The quantitative estimate of drug-likeness (QED) is 0.340. The summed E-state index contributed by atoms with van der Waals surface area (Å²) in [5.74, 6) is 0. The van der Waals surface area contributed by atoms with Crippen LogP contribution in [0.1, 0.15) is 89.5 Å². The highest BCUT2D eigenvalue weighted by Crippen LogP contribution is 2.62. The molecule has 3 aromatic carbocycles. The Labute approximate surface area is 223 Å². The highest BCUT2D eigenvalue weighted by atomic mass is 15.3. The smallest absolute Gasteiger partial charge is 0.252 e. The van der Waals surface area contributed by atoms with Crippen LogP contribution in [0.15, 0.2) is 42.5 Å². The summed E-state index contributed by atoms with van der Waals surface area (Å²) in [6.07, 6.45) is 5.19. The van der Waals surface area contributed by atoms with Crippen LogP contribution in [-0.2, 0) is 10.8 Å². The summed E-state index contributed by atoms with van der Waals surface area (Å²) in [5.41, 5.74) is 16.7. The minimum Gasteiger partial charge on any atom is -0.336 e. The molecule has 2 nitrogen and oxygen atoms in total. The van der Waals surface area contributed by atoms with Gasteiger partial charge in [-0.05, 0) is 87.1 Å². The Morgan fingerprint density at radius 1 is 0.703 bits per heavy atom. The number of hydrogen-bond acceptors (Lipinski definition) is 2. The highest BCUT2D eigenvalue weighted by molar-refractivity contribution is 7.00. The van der Waals surface area contributed by atoms with Crippen molar-refractivity contribution in [2.45, 2.75) is 103 Å². The largest absolute Gasteiger partial charge is 0.336 e. The van der Waals surface area contributed by atoms with Crippen molar-refractivity contribution in [1.82, 2.24) is 0 Å². The zero-order valence-electron chi connectivity index (χ0n) is 23.8. The van der Waals surface area contributed by atoms with Crippen LogP contribution in [-0.4, -0.2) is 17.8 Å². The molecular weight excluding hydrogens is 447 g/mol. The first-order chi connectivity index (χ1) is 17.4. The van der Waals surface area contributed by atoms with Gasteiger partial charge < -0.3 is 9.80 Å². The van der Waals surface area contributed by atoms with Gasteiger partial charge in [0.15, 0.2) is 0 Å². The summed E-state index contributed by atoms with van der Waals surface area (Å²) >= 11 is 0.